The molecule has 0 radical (unpaired) electrons. The summed E-state index contributed by atoms with van der Waals surface area (Å²) in [6, 6.07) is 0. The lowest BCUT2D eigenvalue weighted by Gasteiger charge is -2.65. The van der Waals surface area contributed by atoms with E-state index in [2.05, 4.69) is 13.0 Å². The van der Waals surface area contributed by atoms with E-state index in [0.29, 0.717) is 38.5 Å². The van der Waals surface area contributed by atoms with Crippen molar-refractivity contribution in [2.45, 2.75) is 117 Å². The molecular formula is C28H44O7. The summed E-state index contributed by atoms with van der Waals surface area (Å²) in [5.74, 6) is -1.53. The van der Waals surface area contributed by atoms with Crippen LogP contribution in [0.25, 0.3) is 0 Å². The molecule has 0 spiro atoms. The van der Waals surface area contributed by atoms with Crippen molar-refractivity contribution >= 4 is 11.9 Å². The van der Waals surface area contributed by atoms with Crippen LogP contribution in [0.5, 0.6) is 0 Å². The minimum Gasteiger partial charge on any atom is -0.458 e. The Morgan fingerprint density at radius 2 is 1.83 bits per heavy atom. The summed E-state index contributed by atoms with van der Waals surface area (Å²) in [7, 11) is 0. The molecule has 4 rings (SSSR count). The number of ether oxygens (including phenoxy) is 2. The van der Waals surface area contributed by atoms with Crippen LogP contribution in [-0.4, -0.2) is 57.3 Å². The molecule has 35 heavy (non-hydrogen) atoms. The summed E-state index contributed by atoms with van der Waals surface area (Å²) in [6.07, 6.45) is 3.25. The molecular weight excluding hydrogens is 448 g/mol. The third-order valence-corrected chi connectivity index (χ3v) is 10.1. The number of esters is 2. The van der Waals surface area contributed by atoms with Crippen LogP contribution >= 0.6 is 0 Å². The molecule has 7 nitrogen and oxygen atoms in total. The first-order valence-corrected chi connectivity index (χ1v) is 13.4. The lowest BCUT2D eigenvalue weighted by Crippen LogP contribution is -2.72. The summed E-state index contributed by atoms with van der Waals surface area (Å²) in [4.78, 5) is 25.6. The second kappa shape index (κ2) is 9.14. The van der Waals surface area contributed by atoms with E-state index < -0.39 is 46.8 Å². The van der Waals surface area contributed by atoms with Gasteiger partial charge in [-0.2, -0.15) is 0 Å². The topological polar surface area (TPSA) is 113 Å². The molecule has 198 valence electrons. The molecule has 0 aromatic carbocycles. The van der Waals surface area contributed by atoms with Crippen LogP contribution in [0.15, 0.2) is 11.6 Å². The van der Waals surface area contributed by atoms with Gasteiger partial charge < -0.3 is 24.8 Å². The molecule has 4 aliphatic rings. The Morgan fingerprint density at radius 1 is 1.14 bits per heavy atom. The Kier molecular flexibility index (Phi) is 6.95. The molecule has 3 N–H and O–H groups in total. The van der Waals surface area contributed by atoms with Crippen molar-refractivity contribution in [3.63, 3.8) is 0 Å². The van der Waals surface area contributed by atoms with Gasteiger partial charge in [-0.15, -0.1) is 0 Å². The Labute approximate surface area is 209 Å². The predicted octanol–water partition coefficient (Wildman–Crippen LogP) is 3.53. The minimum absolute atomic E-state index is 0.0930. The standard InChI is InChI=1S/C28H44O7/c1-15(2)13-22(32)35-25-24(34-17(4)30)23-21(8-7-18-14-19(31)9-11-26(18,23)5)28(33)12-10-20(16(3)29)27(25,28)6/h7,15-16,19-21,23-25,29,31,33H,8-14H2,1-6H3. The summed E-state index contributed by atoms with van der Waals surface area (Å²) in [5, 5.41) is 33.7. The average Bonchev–Trinajstić information content (AvgIpc) is 3.02. The lowest BCUT2D eigenvalue weighted by atomic mass is 9.43. The highest BCUT2D eigenvalue weighted by atomic mass is 16.6. The van der Waals surface area contributed by atoms with Gasteiger partial charge >= 0.3 is 11.9 Å². The zero-order valence-electron chi connectivity index (χ0n) is 22.1. The zero-order chi connectivity index (χ0) is 25.9. The van der Waals surface area contributed by atoms with Crippen molar-refractivity contribution in [2.24, 2.45) is 34.5 Å². The quantitative estimate of drug-likeness (QED) is 0.397. The summed E-state index contributed by atoms with van der Waals surface area (Å²) in [6.45, 7) is 11.1. The molecule has 4 aliphatic carbocycles. The van der Waals surface area contributed by atoms with E-state index in [4.69, 9.17) is 9.47 Å². The van der Waals surface area contributed by atoms with Crippen LogP contribution in [0.1, 0.15) is 86.5 Å². The fourth-order valence-corrected chi connectivity index (χ4v) is 8.48. The Bertz CT molecular complexity index is 881. The van der Waals surface area contributed by atoms with Gasteiger partial charge in [0, 0.05) is 24.7 Å². The minimum atomic E-state index is -1.19. The number of carbonyl (C=O) groups is 2. The molecule has 10 unspecified atom stereocenters. The van der Waals surface area contributed by atoms with E-state index in [1.807, 2.05) is 20.8 Å². The van der Waals surface area contributed by atoms with Gasteiger partial charge in [-0.1, -0.05) is 39.3 Å². The maximum atomic E-state index is 13.1. The van der Waals surface area contributed by atoms with E-state index in [9.17, 15) is 24.9 Å². The maximum absolute atomic E-state index is 13.1. The number of hydrogen-bond donors (Lipinski definition) is 3. The maximum Gasteiger partial charge on any atom is 0.306 e. The van der Waals surface area contributed by atoms with E-state index in [0.717, 1.165) is 5.57 Å². The van der Waals surface area contributed by atoms with Gasteiger partial charge in [-0.3, -0.25) is 9.59 Å². The fraction of sp³-hybridized carbons (Fsp3) is 0.857. The molecule has 0 aromatic rings. The van der Waals surface area contributed by atoms with E-state index >= 15 is 0 Å². The number of carbonyl (C=O) groups excluding carboxylic acids is 2. The number of aliphatic hydroxyl groups is 3. The zero-order valence-corrected chi connectivity index (χ0v) is 22.1. The van der Waals surface area contributed by atoms with E-state index in [1.54, 1.807) is 6.92 Å². The first-order valence-electron chi connectivity index (χ1n) is 13.4. The Balaban J connectivity index is 1.89. The number of rotatable bonds is 5. The smallest absolute Gasteiger partial charge is 0.306 e. The molecule has 0 heterocycles. The van der Waals surface area contributed by atoms with Crippen molar-refractivity contribution in [3.05, 3.63) is 11.6 Å². The fourth-order valence-electron chi connectivity index (χ4n) is 8.48. The Morgan fingerprint density at radius 3 is 2.43 bits per heavy atom. The average molecular weight is 493 g/mol. The van der Waals surface area contributed by atoms with Crippen molar-refractivity contribution in [1.29, 1.82) is 0 Å². The van der Waals surface area contributed by atoms with Gasteiger partial charge in [0.1, 0.15) is 12.2 Å². The van der Waals surface area contributed by atoms with Gasteiger partial charge in [-0.05, 0) is 68.6 Å². The van der Waals surface area contributed by atoms with Crippen molar-refractivity contribution in [1.82, 2.24) is 0 Å². The number of allylic oxidation sites excluding steroid dienone is 1. The van der Waals surface area contributed by atoms with Gasteiger partial charge in [0.2, 0.25) is 0 Å². The normalized spacial score (nSPS) is 45.6. The first kappa shape index (κ1) is 26.6. The predicted molar refractivity (Wildman–Crippen MR) is 130 cm³/mol. The SMILES string of the molecule is CC(=O)OC1C2C(CC=C3CC(O)CCC32C)C2(O)CCC(C(C)O)C2(C)C1OC(=O)CC(C)C. The van der Waals surface area contributed by atoms with E-state index in [1.165, 1.54) is 6.92 Å². The molecule has 0 aromatic heterocycles. The highest BCUT2D eigenvalue weighted by Gasteiger charge is 2.75. The highest BCUT2D eigenvalue weighted by Crippen LogP contribution is 2.69. The summed E-state index contributed by atoms with van der Waals surface area (Å²) < 4.78 is 12.3. The van der Waals surface area contributed by atoms with Crippen LogP contribution < -0.4 is 0 Å². The second-order valence-electron chi connectivity index (χ2n) is 12.6. The molecule has 10 atom stereocenters. The molecule has 0 saturated heterocycles. The van der Waals surface area contributed by atoms with Crippen LogP contribution in [0, 0.1) is 34.5 Å². The monoisotopic (exact) mass is 492 g/mol. The largest absolute Gasteiger partial charge is 0.458 e. The van der Waals surface area contributed by atoms with Crippen LogP contribution in [0.3, 0.4) is 0 Å². The third kappa shape index (κ3) is 4.06. The molecule has 0 aliphatic heterocycles. The van der Waals surface area contributed by atoms with Crippen LogP contribution in [0.4, 0.5) is 0 Å². The highest BCUT2D eigenvalue weighted by molar-refractivity contribution is 5.70. The van der Waals surface area contributed by atoms with Crippen molar-refractivity contribution in [3.8, 4) is 0 Å². The van der Waals surface area contributed by atoms with Crippen molar-refractivity contribution < 1.29 is 34.4 Å². The summed E-state index contributed by atoms with van der Waals surface area (Å²) >= 11 is 0. The first-order chi connectivity index (χ1) is 16.3. The van der Waals surface area contributed by atoms with Gasteiger partial charge in [0.25, 0.3) is 0 Å². The van der Waals surface area contributed by atoms with Crippen LogP contribution in [-0.2, 0) is 19.1 Å². The Hall–Kier alpha value is -1.44. The molecule has 7 heteroatoms. The van der Waals surface area contributed by atoms with Gasteiger partial charge in [0.05, 0.1) is 17.8 Å². The van der Waals surface area contributed by atoms with E-state index in [-0.39, 0.29) is 36.1 Å². The molecule has 3 fully saturated rings. The molecule has 3 saturated carbocycles. The summed E-state index contributed by atoms with van der Waals surface area (Å²) in [5.41, 5.74) is -1.44. The van der Waals surface area contributed by atoms with Gasteiger partial charge in [0.15, 0.2) is 0 Å². The van der Waals surface area contributed by atoms with Crippen LogP contribution in [0.2, 0.25) is 0 Å². The number of aliphatic hydroxyl groups excluding tert-OH is 2. The second-order valence-corrected chi connectivity index (χ2v) is 12.6. The lowest BCUT2D eigenvalue weighted by molar-refractivity contribution is -0.280. The molecule has 0 amide bonds. The van der Waals surface area contributed by atoms with Crippen molar-refractivity contribution in [2.75, 3.05) is 0 Å². The molecule has 0 bridgehead atoms. The number of hydrogen-bond acceptors (Lipinski definition) is 7. The number of fused-ring (bicyclic) bond motifs is 5. The third-order valence-electron chi connectivity index (χ3n) is 10.1. The van der Waals surface area contributed by atoms with Gasteiger partial charge in [-0.25, -0.2) is 0 Å².